The molecule has 3 rings (SSSR count). The lowest BCUT2D eigenvalue weighted by Gasteiger charge is -2.27. The number of morpholine rings is 1. The second-order valence-corrected chi connectivity index (χ2v) is 6.58. The van der Waals surface area contributed by atoms with Crippen LogP contribution >= 0.6 is 0 Å². The number of rotatable bonds is 5. The number of nitrogens with two attached hydrogens (primary N) is 1. The maximum atomic E-state index is 12.3. The molecule has 1 aromatic rings. The van der Waals surface area contributed by atoms with Crippen molar-refractivity contribution in [3.8, 4) is 0 Å². The van der Waals surface area contributed by atoms with Gasteiger partial charge in [0.15, 0.2) is 0 Å². The summed E-state index contributed by atoms with van der Waals surface area (Å²) in [6.07, 6.45) is 2.95. The number of hydrogen-bond donors (Lipinski definition) is 2. The third kappa shape index (κ3) is 4.31. The Morgan fingerprint density at radius 2 is 1.96 bits per heavy atom. The monoisotopic (exact) mass is 317 g/mol. The Balaban J connectivity index is 1.58. The van der Waals surface area contributed by atoms with Gasteiger partial charge < -0.3 is 15.8 Å². The summed E-state index contributed by atoms with van der Waals surface area (Å²) in [4.78, 5) is 14.7. The van der Waals surface area contributed by atoms with Crippen LogP contribution in [0.5, 0.6) is 0 Å². The number of hydrogen-bond acceptors (Lipinski definition) is 4. The van der Waals surface area contributed by atoms with Crippen LogP contribution in [0.2, 0.25) is 0 Å². The number of carbonyl (C=O) groups excluding carboxylic acids is 1. The summed E-state index contributed by atoms with van der Waals surface area (Å²) < 4.78 is 5.40. The van der Waals surface area contributed by atoms with Crippen molar-refractivity contribution in [2.24, 2.45) is 11.7 Å². The third-order valence-electron chi connectivity index (χ3n) is 4.98. The van der Waals surface area contributed by atoms with E-state index < -0.39 is 0 Å². The van der Waals surface area contributed by atoms with Crippen molar-refractivity contribution in [2.75, 3.05) is 26.3 Å². The Hall–Kier alpha value is -1.43. The standard InChI is InChI=1S/C18H27N3O2/c19-17-7-3-6-16(17)18(22)20-12-14-4-1-2-5-15(14)13-21-8-10-23-11-9-21/h1-2,4-5,16-17H,3,6-13,19H2,(H,20,22). The minimum Gasteiger partial charge on any atom is -0.379 e. The molecule has 2 unspecified atom stereocenters. The lowest BCUT2D eigenvalue weighted by Crippen LogP contribution is -2.38. The summed E-state index contributed by atoms with van der Waals surface area (Å²) in [5, 5.41) is 3.09. The van der Waals surface area contributed by atoms with Crippen molar-refractivity contribution in [3.63, 3.8) is 0 Å². The quantitative estimate of drug-likeness (QED) is 0.858. The lowest BCUT2D eigenvalue weighted by atomic mass is 10.0. The summed E-state index contributed by atoms with van der Waals surface area (Å²) in [5.41, 5.74) is 8.50. The molecule has 1 heterocycles. The van der Waals surface area contributed by atoms with E-state index in [-0.39, 0.29) is 17.9 Å². The normalized spacial score (nSPS) is 25.4. The molecule has 1 saturated heterocycles. The molecule has 1 saturated carbocycles. The molecule has 0 bridgehead atoms. The molecule has 2 atom stereocenters. The van der Waals surface area contributed by atoms with Gasteiger partial charge in [0.2, 0.25) is 5.91 Å². The zero-order valence-corrected chi connectivity index (χ0v) is 13.7. The molecule has 1 aliphatic carbocycles. The molecule has 23 heavy (non-hydrogen) atoms. The van der Waals surface area contributed by atoms with Crippen LogP contribution in [0.4, 0.5) is 0 Å². The van der Waals surface area contributed by atoms with E-state index in [2.05, 4.69) is 28.4 Å². The Labute approximate surface area is 138 Å². The molecule has 0 aromatic heterocycles. The van der Waals surface area contributed by atoms with E-state index in [0.717, 1.165) is 52.1 Å². The molecular weight excluding hydrogens is 290 g/mol. The van der Waals surface area contributed by atoms with Crippen LogP contribution in [0, 0.1) is 5.92 Å². The lowest BCUT2D eigenvalue weighted by molar-refractivity contribution is -0.125. The third-order valence-corrected chi connectivity index (χ3v) is 4.98. The molecular formula is C18H27N3O2. The molecule has 5 heteroatoms. The smallest absolute Gasteiger partial charge is 0.224 e. The minimum atomic E-state index is -0.0126. The van der Waals surface area contributed by atoms with E-state index in [0.29, 0.717) is 6.54 Å². The van der Waals surface area contributed by atoms with Gasteiger partial charge in [0.1, 0.15) is 0 Å². The molecule has 1 aliphatic heterocycles. The maximum absolute atomic E-state index is 12.3. The first-order valence-corrected chi connectivity index (χ1v) is 8.64. The number of ether oxygens (including phenoxy) is 1. The zero-order valence-electron chi connectivity index (χ0n) is 13.7. The van der Waals surface area contributed by atoms with E-state index in [4.69, 9.17) is 10.5 Å². The molecule has 2 fully saturated rings. The summed E-state index contributed by atoms with van der Waals surface area (Å²) in [5.74, 6) is 0.0950. The molecule has 1 amide bonds. The highest BCUT2D eigenvalue weighted by Gasteiger charge is 2.30. The maximum Gasteiger partial charge on any atom is 0.224 e. The highest BCUT2D eigenvalue weighted by molar-refractivity contribution is 5.79. The molecule has 0 radical (unpaired) electrons. The summed E-state index contributed by atoms with van der Waals surface area (Å²) in [6, 6.07) is 8.38. The van der Waals surface area contributed by atoms with Gasteiger partial charge in [0.05, 0.1) is 19.1 Å². The number of nitrogens with one attached hydrogen (secondary N) is 1. The Bertz CT molecular complexity index is 529. The molecule has 2 aliphatic rings. The van der Waals surface area contributed by atoms with E-state index in [9.17, 15) is 4.79 Å². The minimum absolute atomic E-state index is 0.0126. The summed E-state index contributed by atoms with van der Waals surface area (Å²) in [7, 11) is 0. The van der Waals surface area contributed by atoms with Crippen molar-refractivity contribution in [3.05, 3.63) is 35.4 Å². The van der Waals surface area contributed by atoms with Crippen molar-refractivity contribution < 1.29 is 9.53 Å². The molecule has 5 nitrogen and oxygen atoms in total. The predicted molar refractivity (Wildman–Crippen MR) is 89.7 cm³/mol. The van der Waals surface area contributed by atoms with Crippen LogP contribution in [-0.4, -0.2) is 43.2 Å². The summed E-state index contributed by atoms with van der Waals surface area (Å²) >= 11 is 0. The number of benzene rings is 1. The van der Waals surface area contributed by atoms with Crippen LogP contribution in [-0.2, 0) is 22.6 Å². The van der Waals surface area contributed by atoms with Crippen molar-refractivity contribution in [1.82, 2.24) is 10.2 Å². The molecule has 1 aromatic carbocycles. The van der Waals surface area contributed by atoms with E-state index in [1.807, 2.05) is 6.07 Å². The van der Waals surface area contributed by atoms with Crippen LogP contribution < -0.4 is 11.1 Å². The van der Waals surface area contributed by atoms with Gasteiger partial charge in [-0.2, -0.15) is 0 Å². The largest absolute Gasteiger partial charge is 0.379 e. The number of nitrogens with zero attached hydrogens (tertiary/aromatic N) is 1. The first-order valence-electron chi connectivity index (χ1n) is 8.64. The van der Waals surface area contributed by atoms with Crippen molar-refractivity contribution >= 4 is 5.91 Å². The fraction of sp³-hybridized carbons (Fsp3) is 0.611. The van der Waals surface area contributed by atoms with E-state index in [1.54, 1.807) is 0 Å². The van der Waals surface area contributed by atoms with E-state index >= 15 is 0 Å². The van der Waals surface area contributed by atoms with Crippen LogP contribution in [0.25, 0.3) is 0 Å². The number of carbonyl (C=O) groups is 1. The SMILES string of the molecule is NC1CCCC1C(=O)NCc1ccccc1CN1CCOCC1. The fourth-order valence-electron chi connectivity index (χ4n) is 3.51. The first kappa shape index (κ1) is 16.4. The highest BCUT2D eigenvalue weighted by atomic mass is 16.5. The van der Waals surface area contributed by atoms with Gasteiger partial charge in [-0.15, -0.1) is 0 Å². The van der Waals surface area contributed by atoms with Crippen LogP contribution in [0.3, 0.4) is 0 Å². The van der Waals surface area contributed by atoms with Gasteiger partial charge in [-0.1, -0.05) is 30.7 Å². The van der Waals surface area contributed by atoms with Gasteiger partial charge in [-0.3, -0.25) is 9.69 Å². The molecule has 126 valence electrons. The van der Waals surface area contributed by atoms with Crippen LogP contribution in [0.1, 0.15) is 30.4 Å². The second kappa shape index (κ2) is 7.90. The average Bonchev–Trinajstić information content (AvgIpc) is 3.01. The van der Waals surface area contributed by atoms with E-state index in [1.165, 1.54) is 11.1 Å². The fourth-order valence-corrected chi connectivity index (χ4v) is 3.51. The molecule has 3 N–H and O–H groups in total. The van der Waals surface area contributed by atoms with Crippen LogP contribution in [0.15, 0.2) is 24.3 Å². The Kier molecular flexibility index (Phi) is 5.65. The van der Waals surface area contributed by atoms with Gasteiger partial charge in [0, 0.05) is 32.2 Å². The first-order chi connectivity index (χ1) is 11.2. The predicted octanol–water partition coefficient (Wildman–Crippen LogP) is 1.26. The van der Waals surface area contributed by atoms with Gasteiger partial charge in [-0.25, -0.2) is 0 Å². The molecule has 0 spiro atoms. The van der Waals surface area contributed by atoms with Crippen molar-refractivity contribution in [2.45, 2.75) is 38.4 Å². The van der Waals surface area contributed by atoms with Gasteiger partial charge >= 0.3 is 0 Å². The topological polar surface area (TPSA) is 67.6 Å². The Morgan fingerprint density at radius 1 is 1.22 bits per heavy atom. The second-order valence-electron chi connectivity index (χ2n) is 6.58. The van der Waals surface area contributed by atoms with Gasteiger partial charge in [0.25, 0.3) is 0 Å². The highest BCUT2D eigenvalue weighted by Crippen LogP contribution is 2.24. The van der Waals surface area contributed by atoms with Gasteiger partial charge in [-0.05, 0) is 24.0 Å². The summed E-state index contributed by atoms with van der Waals surface area (Å²) in [6.45, 7) is 5.05. The average molecular weight is 317 g/mol. The van der Waals surface area contributed by atoms with Crippen molar-refractivity contribution in [1.29, 1.82) is 0 Å². The number of amides is 1. The Morgan fingerprint density at radius 3 is 2.65 bits per heavy atom. The zero-order chi connectivity index (χ0) is 16.1.